The number of para-hydroxylation sites is 1. The van der Waals surface area contributed by atoms with Gasteiger partial charge in [0.2, 0.25) is 5.95 Å². The highest BCUT2D eigenvalue weighted by Crippen LogP contribution is 2.28. The van der Waals surface area contributed by atoms with Crippen molar-refractivity contribution >= 4 is 28.5 Å². The first-order chi connectivity index (χ1) is 12.2. The summed E-state index contributed by atoms with van der Waals surface area (Å²) in [6.07, 6.45) is 0.972. The largest absolute Gasteiger partial charge is 0.378 e. The molecule has 6 nitrogen and oxygen atoms in total. The van der Waals surface area contributed by atoms with E-state index in [0.29, 0.717) is 13.2 Å². The molecule has 1 saturated heterocycles. The standard InChI is InChI=1S/C19H23N5O/c1-3-14-6-4-5-7-16(14)21-18-15-12-13(2)20-17(15)22-19(23-18)24-8-10-25-11-9-24/h4-7,12H,3,8-11H2,1-2H3,(H2,20,21,22,23). The second-order valence-electron chi connectivity index (χ2n) is 6.32. The van der Waals surface area contributed by atoms with Gasteiger partial charge >= 0.3 is 0 Å². The molecule has 0 radical (unpaired) electrons. The molecular formula is C19H23N5O. The molecule has 1 aliphatic rings. The van der Waals surface area contributed by atoms with E-state index < -0.39 is 0 Å². The lowest BCUT2D eigenvalue weighted by molar-refractivity contribution is 0.122. The molecule has 0 bridgehead atoms. The highest BCUT2D eigenvalue weighted by Gasteiger charge is 2.18. The average Bonchev–Trinajstić information content (AvgIpc) is 3.03. The number of aryl methyl sites for hydroxylation is 2. The molecule has 0 unspecified atom stereocenters. The zero-order valence-corrected chi connectivity index (χ0v) is 14.7. The minimum Gasteiger partial charge on any atom is -0.378 e. The summed E-state index contributed by atoms with van der Waals surface area (Å²) in [6.45, 7) is 7.26. The summed E-state index contributed by atoms with van der Waals surface area (Å²) in [6, 6.07) is 10.5. The van der Waals surface area contributed by atoms with Gasteiger partial charge in [-0.2, -0.15) is 9.97 Å². The molecule has 1 fully saturated rings. The number of H-pyrrole nitrogens is 1. The number of nitrogens with zero attached hydrogens (tertiary/aromatic N) is 3. The third kappa shape index (κ3) is 3.17. The normalized spacial score (nSPS) is 14.9. The molecule has 2 aromatic heterocycles. The van der Waals surface area contributed by atoms with Crippen LogP contribution in [-0.4, -0.2) is 41.3 Å². The Kier molecular flexibility index (Phi) is 4.28. The fraction of sp³-hybridized carbons (Fsp3) is 0.368. The summed E-state index contributed by atoms with van der Waals surface area (Å²) in [5, 5.41) is 4.54. The van der Waals surface area contributed by atoms with Crippen molar-refractivity contribution in [1.82, 2.24) is 15.0 Å². The van der Waals surface area contributed by atoms with Gasteiger partial charge in [-0.25, -0.2) is 0 Å². The highest BCUT2D eigenvalue weighted by atomic mass is 16.5. The molecule has 2 N–H and O–H groups in total. The Bertz CT molecular complexity index is 883. The number of hydrogen-bond acceptors (Lipinski definition) is 5. The van der Waals surface area contributed by atoms with E-state index in [0.717, 1.165) is 53.7 Å². The first-order valence-corrected chi connectivity index (χ1v) is 8.79. The zero-order valence-electron chi connectivity index (χ0n) is 14.7. The lowest BCUT2D eigenvalue weighted by Gasteiger charge is -2.27. The van der Waals surface area contributed by atoms with Gasteiger partial charge < -0.3 is 19.9 Å². The van der Waals surface area contributed by atoms with Crippen molar-refractivity contribution in [3.63, 3.8) is 0 Å². The van der Waals surface area contributed by atoms with Gasteiger partial charge in [0.15, 0.2) is 0 Å². The van der Waals surface area contributed by atoms with Crippen LogP contribution in [-0.2, 0) is 11.2 Å². The van der Waals surface area contributed by atoms with Crippen molar-refractivity contribution < 1.29 is 4.74 Å². The second-order valence-corrected chi connectivity index (χ2v) is 6.32. The third-order valence-electron chi connectivity index (χ3n) is 4.56. The molecule has 1 aromatic carbocycles. The SMILES string of the molecule is CCc1ccccc1Nc1nc(N2CCOCC2)nc2[nH]c(C)cc12. The highest BCUT2D eigenvalue weighted by molar-refractivity contribution is 5.91. The predicted molar refractivity (Wildman–Crippen MR) is 101 cm³/mol. The minimum atomic E-state index is 0.715. The Morgan fingerprint density at radius 1 is 1.20 bits per heavy atom. The van der Waals surface area contributed by atoms with Gasteiger partial charge in [-0.05, 0) is 31.0 Å². The molecule has 25 heavy (non-hydrogen) atoms. The zero-order chi connectivity index (χ0) is 17.2. The maximum absolute atomic E-state index is 5.45. The van der Waals surface area contributed by atoms with Crippen LogP contribution in [0.2, 0.25) is 0 Å². The summed E-state index contributed by atoms with van der Waals surface area (Å²) in [5.41, 5.74) is 4.31. The Morgan fingerprint density at radius 2 is 2.00 bits per heavy atom. The molecule has 3 heterocycles. The van der Waals surface area contributed by atoms with Gasteiger partial charge in [-0.3, -0.25) is 0 Å². The van der Waals surface area contributed by atoms with Gasteiger partial charge in [0, 0.05) is 24.5 Å². The van der Waals surface area contributed by atoms with Crippen molar-refractivity contribution in [3.05, 3.63) is 41.6 Å². The number of nitrogens with one attached hydrogen (secondary N) is 2. The Hall–Kier alpha value is -2.60. The van der Waals surface area contributed by atoms with E-state index in [1.54, 1.807) is 0 Å². The van der Waals surface area contributed by atoms with E-state index in [-0.39, 0.29) is 0 Å². The molecule has 6 heteroatoms. The van der Waals surface area contributed by atoms with Gasteiger partial charge in [-0.1, -0.05) is 25.1 Å². The van der Waals surface area contributed by atoms with Crippen LogP contribution in [0.3, 0.4) is 0 Å². The quantitative estimate of drug-likeness (QED) is 0.764. The number of aromatic nitrogens is 3. The molecule has 3 aromatic rings. The smallest absolute Gasteiger partial charge is 0.229 e. The Morgan fingerprint density at radius 3 is 2.80 bits per heavy atom. The maximum atomic E-state index is 5.45. The predicted octanol–water partition coefficient (Wildman–Crippen LogP) is 3.41. The summed E-state index contributed by atoms with van der Waals surface area (Å²) in [7, 11) is 0. The minimum absolute atomic E-state index is 0.715. The van der Waals surface area contributed by atoms with Crippen LogP contribution in [0.25, 0.3) is 11.0 Å². The van der Waals surface area contributed by atoms with Crippen LogP contribution in [0.1, 0.15) is 18.2 Å². The van der Waals surface area contributed by atoms with Crippen molar-refractivity contribution in [1.29, 1.82) is 0 Å². The van der Waals surface area contributed by atoms with Crippen molar-refractivity contribution in [2.75, 3.05) is 36.5 Å². The van der Waals surface area contributed by atoms with Crippen LogP contribution in [0, 0.1) is 6.92 Å². The van der Waals surface area contributed by atoms with E-state index in [1.165, 1.54) is 5.56 Å². The van der Waals surface area contributed by atoms with Gasteiger partial charge in [0.25, 0.3) is 0 Å². The fourth-order valence-corrected chi connectivity index (χ4v) is 3.21. The summed E-state index contributed by atoms with van der Waals surface area (Å²) in [4.78, 5) is 15.1. The van der Waals surface area contributed by atoms with E-state index in [9.17, 15) is 0 Å². The van der Waals surface area contributed by atoms with Crippen LogP contribution in [0.5, 0.6) is 0 Å². The summed E-state index contributed by atoms with van der Waals surface area (Å²) >= 11 is 0. The van der Waals surface area contributed by atoms with E-state index in [1.807, 2.05) is 13.0 Å². The lowest BCUT2D eigenvalue weighted by Crippen LogP contribution is -2.37. The summed E-state index contributed by atoms with van der Waals surface area (Å²) < 4.78 is 5.45. The number of benzene rings is 1. The average molecular weight is 337 g/mol. The van der Waals surface area contributed by atoms with E-state index >= 15 is 0 Å². The Labute approximate surface area is 147 Å². The molecule has 0 aliphatic carbocycles. The fourth-order valence-electron chi connectivity index (χ4n) is 3.21. The van der Waals surface area contributed by atoms with Crippen LogP contribution in [0.4, 0.5) is 17.5 Å². The van der Waals surface area contributed by atoms with Crippen LogP contribution >= 0.6 is 0 Å². The number of fused-ring (bicyclic) bond motifs is 1. The van der Waals surface area contributed by atoms with Crippen LogP contribution < -0.4 is 10.2 Å². The molecule has 4 rings (SSSR count). The monoisotopic (exact) mass is 337 g/mol. The summed E-state index contributed by atoms with van der Waals surface area (Å²) in [5.74, 6) is 1.59. The van der Waals surface area contributed by atoms with Crippen molar-refractivity contribution in [3.8, 4) is 0 Å². The first-order valence-electron chi connectivity index (χ1n) is 8.79. The third-order valence-corrected chi connectivity index (χ3v) is 4.56. The number of rotatable bonds is 4. The number of anilines is 3. The maximum Gasteiger partial charge on any atom is 0.229 e. The van der Waals surface area contributed by atoms with E-state index in [2.05, 4.69) is 46.4 Å². The lowest BCUT2D eigenvalue weighted by atomic mass is 10.1. The second kappa shape index (κ2) is 6.72. The number of aromatic amines is 1. The van der Waals surface area contributed by atoms with Gasteiger partial charge in [-0.15, -0.1) is 0 Å². The van der Waals surface area contributed by atoms with Crippen molar-refractivity contribution in [2.45, 2.75) is 20.3 Å². The number of hydrogen-bond donors (Lipinski definition) is 2. The number of ether oxygens (including phenoxy) is 1. The molecule has 130 valence electrons. The Balaban J connectivity index is 1.78. The van der Waals surface area contributed by atoms with E-state index in [4.69, 9.17) is 14.7 Å². The van der Waals surface area contributed by atoms with Crippen LogP contribution in [0.15, 0.2) is 30.3 Å². The topological polar surface area (TPSA) is 66.1 Å². The molecule has 0 spiro atoms. The molecular weight excluding hydrogens is 314 g/mol. The molecule has 0 atom stereocenters. The molecule has 0 saturated carbocycles. The molecule has 0 amide bonds. The van der Waals surface area contributed by atoms with Gasteiger partial charge in [0.1, 0.15) is 11.5 Å². The number of morpholine rings is 1. The first kappa shape index (κ1) is 15.9. The van der Waals surface area contributed by atoms with Crippen molar-refractivity contribution in [2.24, 2.45) is 0 Å². The molecule has 1 aliphatic heterocycles. The van der Waals surface area contributed by atoms with Gasteiger partial charge in [0.05, 0.1) is 18.6 Å².